The van der Waals surface area contributed by atoms with Crippen molar-refractivity contribution in [2.75, 3.05) is 11.1 Å². The maximum atomic E-state index is 11.8. The molecule has 2 aromatic rings. The number of anilines is 2. The molecule has 5 heteroatoms. The fraction of sp³-hybridized carbons (Fsp3) is 0. The van der Waals surface area contributed by atoms with Crippen LogP contribution in [0.1, 0.15) is 10.5 Å². The van der Waals surface area contributed by atoms with E-state index in [0.29, 0.717) is 22.1 Å². The maximum absolute atomic E-state index is 11.8. The van der Waals surface area contributed by atoms with Crippen molar-refractivity contribution in [1.82, 2.24) is 4.98 Å². The number of aromatic nitrogens is 1. The first-order valence-corrected chi connectivity index (χ1v) is 5.32. The van der Waals surface area contributed by atoms with Gasteiger partial charge in [0.2, 0.25) is 0 Å². The molecular weight excluding hydrogens is 238 g/mol. The van der Waals surface area contributed by atoms with E-state index in [1.54, 1.807) is 42.6 Å². The molecule has 4 nitrogen and oxygen atoms in total. The van der Waals surface area contributed by atoms with Crippen LogP contribution in [0.2, 0.25) is 5.02 Å². The van der Waals surface area contributed by atoms with E-state index in [4.69, 9.17) is 17.3 Å². The van der Waals surface area contributed by atoms with Crippen molar-refractivity contribution in [2.24, 2.45) is 0 Å². The van der Waals surface area contributed by atoms with Crippen LogP contribution in [0.25, 0.3) is 0 Å². The Morgan fingerprint density at radius 1 is 1.24 bits per heavy atom. The van der Waals surface area contributed by atoms with Crippen molar-refractivity contribution in [1.29, 1.82) is 0 Å². The Bertz CT molecular complexity index is 522. The molecule has 1 aromatic heterocycles. The lowest BCUT2D eigenvalue weighted by Crippen LogP contribution is -2.14. The lowest BCUT2D eigenvalue weighted by Gasteiger charge is -2.09. The quantitative estimate of drug-likeness (QED) is 0.802. The highest BCUT2D eigenvalue weighted by atomic mass is 35.5. The summed E-state index contributed by atoms with van der Waals surface area (Å²) >= 11 is 5.95. The molecule has 0 atom stereocenters. The first-order valence-electron chi connectivity index (χ1n) is 4.95. The zero-order chi connectivity index (χ0) is 12.3. The van der Waals surface area contributed by atoms with E-state index in [1.165, 1.54) is 0 Å². The first kappa shape index (κ1) is 11.4. The van der Waals surface area contributed by atoms with Crippen molar-refractivity contribution < 1.29 is 4.79 Å². The van der Waals surface area contributed by atoms with E-state index in [0.717, 1.165) is 0 Å². The van der Waals surface area contributed by atoms with Gasteiger partial charge in [0, 0.05) is 6.20 Å². The molecule has 1 aromatic carbocycles. The Morgan fingerprint density at radius 2 is 2.06 bits per heavy atom. The molecule has 0 saturated carbocycles. The molecule has 0 bridgehead atoms. The fourth-order valence-electron chi connectivity index (χ4n) is 1.35. The van der Waals surface area contributed by atoms with Gasteiger partial charge in [-0.3, -0.25) is 9.78 Å². The van der Waals surface area contributed by atoms with E-state index in [2.05, 4.69) is 10.3 Å². The van der Waals surface area contributed by atoms with Gasteiger partial charge in [0.25, 0.3) is 5.91 Å². The van der Waals surface area contributed by atoms with Crippen molar-refractivity contribution in [3.63, 3.8) is 0 Å². The van der Waals surface area contributed by atoms with Crippen molar-refractivity contribution >= 4 is 28.9 Å². The Hall–Kier alpha value is -2.07. The molecule has 0 aliphatic carbocycles. The average molecular weight is 248 g/mol. The highest BCUT2D eigenvalue weighted by molar-refractivity contribution is 6.34. The van der Waals surface area contributed by atoms with E-state index < -0.39 is 0 Å². The van der Waals surface area contributed by atoms with E-state index in [9.17, 15) is 4.79 Å². The van der Waals surface area contributed by atoms with E-state index in [1.807, 2.05) is 0 Å². The second-order valence-corrected chi connectivity index (χ2v) is 3.78. The molecule has 1 heterocycles. The molecule has 0 saturated heterocycles. The number of carbonyl (C=O) groups is 1. The van der Waals surface area contributed by atoms with Gasteiger partial charge in [-0.25, -0.2) is 0 Å². The molecule has 3 N–H and O–H groups in total. The van der Waals surface area contributed by atoms with Crippen LogP contribution in [-0.2, 0) is 0 Å². The van der Waals surface area contributed by atoms with Gasteiger partial charge < -0.3 is 11.1 Å². The molecule has 0 radical (unpaired) electrons. The van der Waals surface area contributed by atoms with Crippen LogP contribution in [0.5, 0.6) is 0 Å². The molecule has 2 rings (SSSR count). The highest BCUT2D eigenvalue weighted by Crippen LogP contribution is 2.27. The number of rotatable bonds is 2. The van der Waals surface area contributed by atoms with Crippen LogP contribution < -0.4 is 11.1 Å². The SMILES string of the molecule is Nc1cccc(Cl)c1NC(=O)c1ccccn1. The number of nitrogens with one attached hydrogen (secondary N) is 1. The topological polar surface area (TPSA) is 68.0 Å². The van der Waals surface area contributed by atoms with Crippen molar-refractivity contribution in [2.45, 2.75) is 0 Å². The first-order chi connectivity index (χ1) is 8.18. The minimum Gasteiger partial charge on any atom is -0.397 e. The van der Waals surface area contributed by atoms with Gasteiger partial charge in [-0.15, -0.1) is 0 Å². The lowest BCUT2D eigenvalue weighted by atomic mass is 10.2. The Kier molecular flexibility index (Phi) is 3.25. The molecule has 0 spiro atoms. The fourth-order valence-corrected chi connectivity index (χ4v) is 1.58. The number of benzene rings is 1. The van der Waals surface area contributed by atoms with E-state index >= 15 is 0 Å². The number of halogens is 1. The van der Waals surface area contributed by atoms with Crippen molar-refractivity contribution in [3.8, 4) is 0 Å². The molecule has 0 aliphatic rings. The van der Waals surface area contributed by atoms with Crippen LogP contribution in [-0.4, -0.2) is 10.9 Å². The largest absolute Gasteiger partial charge is 0.397 e. The van der Waals surface area contributed by atoms with Crippen LogP contribution in [0.3, 0.4) is 0 Å². The van der Waals surface area contributed by atoms with Crippen LogP contribution >= 0.6 is 11.6 Å². The Morgan fingerprint density at radius 3 is 2.71 bits per heavy atom. The number of para-hydroxylation sites is 1. The van der Waals surface area contributed by atoms with Crippen LogP contribution in [0.15, 0.2) is 42.6 Å². The summed E-state index contributed by atoms with van der Waals surface area (Å²) in [6, 6.07) is 10.1. The van der Waals surface area contributed by atoms with E-state index in [-0.39, 0.29) is 5.91 Å². The summed E-state index contributed by atoms with van der Waals surface area (Å²) in [4.78, 5) is 15.8. The molecule has 17 heavy (non-hydrogen) atoms. The zero-order valence-corrected chi connectivity index (χ0v) is 9.61. The summed E-state index contributed by atoms with van der Waals surface area (Å²) in [6.45, 7) is 0. The number of carbonyl (C=O) groups excluding carboxylic acids is 1. The predicted octanol–water partition coefficient (Wildman–Crippen LogP) is 2.57. The normalized spacial score (nSPS) is 9.94. The minimum atomic E-state index is -0.342. The van der Waals surface area contributed by atoms with Gasteiger partial charge in [-0.05, 0) is 24.3 Å². The molecule has 1 amide bonds. The van der Waals surface area contributed by atoms with Crippen LogP contribution in [0, 0.1) is 0 Å². The number of nitrogen functional groups attached to an aromatic ring is 1. The number of pyridine rings is 1. The summed E-state index contributed by atoms with van der Waals surface area (Å²) in [5.41, 5.74) is 6.87. The summed E-state index contributed by atoms with van der Waals surface area (Å²) in [6.07, 6.45) is 1.55. The third-order valence-corrected chi connectivity index (χ3v) is 2.50. The summed E-state index contributed by atoms with van der Waals surface area (Å²) in [5.74, 6) is -0.342. The predicted molar refractivity (Wildman–Crippen MR) is 68.1 cm³/mol. The molecule has 0 unspecified atom stereocenters. The third kappa shape index (κ3) is 2.54. The Labute approximate surface area is 103 Å². The van der Waals surface area contributed by atoms with Gasteiger partial charge in [0.05, 0.1) is 16.4 Å². The molecule has 0 fully saturated rings. The molecular formula is C12H10ClN3O. The second-order valence-electron chi connectivity index (χ2n) is 3.37. The van der Waals surface area contributed by atoms with Gasteiger partial charge in [-0.1, -0.05) is 23.7 Å². The van der Waals surface area contributed by atoms with Gasteiger partial charge in [-0.2, -0.15) is 0 Å². The lowest BCUT2D eigenvalue weighted by molar-refractivity contribution is 0.102. The second kappa shape index (κ2) is 4.84. The summed E-state index contributed by atoms with van der Waals surface area (Å²) in [7, 11) is 0. The zero-order valence-electron chi connectivity index (χ0n) is 8.85. The summed E-state index contributed by atoms with van der Waals surface area (Å²) < 4.78 is 0. The number of nitrogens with two attached hydrogens (primary N) is 1. The number of nitrogens with zero attached hydrogens (tertiary/aromatic N) is 1. The van der Waals surface area contributed by atoms with Gasteiger partial charge in [0.15, 0.2) is 0 Å². The average Bonchev–Trinajstić information content (AvgIpc) is 2.35. The van der Waals surface area contributed by atoms with Crippen LogP contribution in [0.4, 0.5) is 11.4 Å². The smallest absolute Gasteiger partial charge is 0.274 e. The minimum absolute atomic E-state index is 0.312. The molecule has 86 valence electrons. The summed E-state index contributed by atoms with van der Waals surface area (Å²) in [5, 5.41) is 3.03. The number of hydrogen-bond acceptors (Lipinski definition) is 3. The monoisotopic (exact) mass is 247 g/mol. The Balaban J connectivity index is 2.25. The third-order valence-electron chi connectivity index (χ3n) is 2.18. The number of hydrogen-bond donors (Lipinski definition) is 2. The van der Waals surface area contributed by atoms with Gasteiger partial charge in [0.1, 0.15) is 5.69 Å². The number of amides is 1. The van der Waals surface area contributed by atoms with Crippen molar-refractivity contribution in [3.05, 3.63) is 53.3 Å². The van der Waals surface area contributed by atoms with Gasteiger partial charge >= 0.3 is 0 Å². The standard InChI is InChI=1S/C12H10ClN3O/c13-8-4-3-5-9(14)11(8)16-12(17)10-6-1-2-7-15-10/h1-7H,14H2,(H,16,17). The molecule has 0 aliphatic heterocycles. The highest BCUT2D eigenvalue weighted by Gasteiger charge is 2.11. The maximum Gasteiger partial charge on any atom is 0.274 e.